The lowest BCUT2D eigenvalue weighted by Crippen LogP contribution is -2.67. The van der Waals surface area contributed by atoms with Crippen molar-refractivity contribution in [1.82, 2.24) is 0 Å². The molecule has 1 N–H and O–H groups in total. The minimum atomic E-state index is -1.03. The number of hydrogen-bond acceptors (Lipinski definition) is 6. The average Bonchev–Trinajstić information content (AvgIpc) is 2.90. The quantitative estimate of drug-likeness (QED) is 0.385. The lowest BCUT2D eigenvalue weighted by atomic mass is 9.83. The highest BCUT2D eigenvalue weighted by atomic mass is 16.6. The van der Waals surface area contributed by atoms with Crippen molar-refractivity contribution >= 4 is 0 Å². The van der Waals surface area contributed by atoms with E-state index in [9.17, 15) is 5.11 Å². The molecule has 6 heteroatoms. The lowest BCUT2D eigenvalue weighted by molar-refractivity contribution is -0.273. The van der Waals surface area contributed by atoms with Crippen LogP contribution in [0.3, 0.4) is 0 Å². The Balaban J connectivity index is 1.93. The molecular weight excluding hydrogens is 444 g/mol. The first-order valence-corrected chi connectivity index (χ1v) is 11.9. The third-order valence-electron chi connectivity index (χ3n) is 5.76. The van der Waals surface area contributed by atoms with E-state index < -0.39 is 36.6 Å². The maximum Gasteiger partial charge on any atom is 0.116 e. The van der Waals surface area contributed by atoms with Gasteiger partial charge in [-0.3, -0.25) is 0 Å². The first-order valence-electron chi connectivity index (χ1n) is 11.9. The highest BCUT2D eigenvalue weighted by Gasteiger charge is 2.53. The molecular formula is C29H36O6. The van der Waals surface area contributed by atoms with Gasteiger partial charge in [-0.05, 0) is 11.1 Å². The Morgan fingerprint density at radius 2 is 0.886 bits per heavy atom. The van der Waals surface area contributed by atoms with Gasteiger partial charge in [0.15, 0.2) is 0 Å². The van der Waals surface area contributed by atoms with E-state index in [1.165, 1.54) is 0 Å². The Morgan fingerprint density at radius 3 is 1.29 bits per heavy atom. The van der Waals surface area contributed by atoms with Crippen molar-refractivity contribution in [3.63, 3.8) is 0 Å². The van der Waals surface area contributed by atoms with E-state index in [0.717, 1.165) is 11.1 Å². The van der Waals surface area contributed by atoms with Crippen LogP contribution in [0.15, 0.2) is 98.6 Å². The summed E-state index contributed by atoms with van der Waals surface area (Å²) in [6, 6.07) is 19.7. The fourth-order valence-electron chi connectivity index (χ4n) is 4.16. The van der Waals surface area contributed by atoms with Crippen molar-refractivity contribution in [2.24, 2.45) is 0 Å². The van der Waals surface area contributed by atoms with E-state index in [-0.39, 0.29) is 19.8 Å². The lowest BCUT2D eigenvalue weighted by Gasteiger charge is -2.48. The second kappa shape index (κ2) is 14.7. The van der Waals surface area contributed by atoms with Crippen LogP contribution in [0.4, 0.5) is 0 Å². The molecule has 0 unspecified atom stereocenters. The fourth-order valence-corrected chi connectivity index (χ4v) is 4.16. The summed E-state index contributed by atoms with van der Waals surface area (Å²) in [5.41, 5.74) is 2.01. The monoisotopic (exact) mass is 480 g/mol. The van der Waals surface area contributed by atoms with Crippen LogP contribution in [0.25, 0.3) is 0 Å². The van der Waals surface area contributed by atoms with Gasteiger partial charge in [-0.25, -0.2) is 0 Å². The summed E-state index contributed by atoms with van der Waals surface area (Å²) in [7, 11) is 0. The molecule has 0 aliphatic heterocycles. The van der Waals surface area contributed by atoms with Crippen LogP contribution in [-0.4, -0.2) is 61.6 Å². The van der Waals surface area contributed by atoms with E-state index in [1.807, 2.05) is 60.7 Å². The maximum atomic E-state index is 11.4. The average molecular weight is 481 g/mol. The summed E-state index contributed by atoms with van der Waals surface area (Å²) in [6.07, 6.45) is 0.606. The van der Waals surface area contributed by atoms with Gasteiger partial charge in [0, 0.05) is 0 Å². The molecule has 3 rings (SSSR count). The van der Waals surface area contributed by atoms with Crippen LogP contribution < -0.4 is 0 Å². The van der Waals surface area contributed by atoms with Gasteiger partial charge < -0.3 is 28.8 Å². The Labute approximate surface area is 208 Å². The highest BCUT2D eigenvalue weighted by Crippen LogP contribution is 2.33. The predicted molar refractivity (Wildman–Crippen MR) is 136 cm³/mol. The van der Waals surface area contributed by atoms with Crippen molar-refractivity contribution in [3.05, 3.63) is 110 Å². The zero-order valence-corrected chi connectivity index (χ0v) is 20.1. The molecule has 0 saturated heterocycles. The van der Waals surface area contributed by atoms with Crippen LogP contribution in [0, 0.1) is 0 Å². The van der Waals surface area contributed by atoms with Gasteiger partial charge in [0.1, 0.15) is 36.6 Å². The molecule has 188 valence electrons. The Kier molecular flexibility index (Phi) is 11.4. The molecule has 35 heavy (non-hydrogen) atoms. The molecule has 6 nitrogen and oxygen atoms in total. The molecule has 6 atom stereocenters. The van der Waals surface area contributed by atoms with Gasteiger partial charge in [0.25, 0.3) is 0 Å². The van der Waals surface area contributed by atoms with Crippen molar-refractivity contribution < 1.29 is 28.8 Å². The summed E-state index contributed by atoms with van der Waals surface area (Å²) < 4.78 is 31.0. The van der Waals surface area contributed by atoms with Crippen LogP contribution in [0.5, 0.6) is 0 Å². The molecule has 0 amide bonds. The standard InChI is InChI=1S/C29H36O6/c1-4-17-31-25-24(30)26(32-18-5-2)28(34-20-22-13-9-7-10-14-22)29(27(25)33-19-6-3)35-21-23-15-11-8-12-16-23/h4-16,24-30H,1-3,17-21H2/t24-,25+,26-,27-,28+,29-/m1/s1. The Hall–Kier alpha value is -2.58. The molecule has 0 spiro atoms. The summed E-state index contributed by atoms with van der Waals surface area (Å²) >= 11 is 0. The zero-order valence-electron chi connectivity index (χ0n) is 20.1. The minimum Gasteiger partial charge on any atom is -0.387 e. The zero-order chi connectivity index (χ0) is 24.9. The van der Waals surface area contributed by atoms with Crippen molar-refractivity contribution in [1.29, 1.82) is 0 Å². The van der Waals surface area contributed by atoms with Gasteiger partial charge in [0.2, 0.25) is 0 Å². The van der Waals surface area contributed by atoms with Gasteiger partial charge in [-0.1, -0.05) is 78.9 Å². The highest BCUT2D eigenvalue weighted by molar-refractivity contribution is 5.15. The largest absolute Gasteiger partial charge is 0.387 e. The molecule has 0 bridgehead atoms. The number of aliphatic hydroxyl groups excluding tert-OH is 1. The molecule has 2 aromatic carbocycles. The molecule has 1 saturated carbocycles. The van der Waals surface area contributed by atoms with Gasteiger partial charge in [-0.2, -0.15) is 0 Å². The van der Waals surface area contributed by atoms with Crippen molar-refractivity contribution in [2.45, 2.75) is 49.8 Å². The van der Waals surface area contributed by atoms with E-state index in [4.69, 9.17) is 23.7 Å². The number of aliphatic hydroxyl groups is 1. The van der Waals surface area contributed by atoms with Gasteiger partial charge in [-0.15, -0.1) is 19.7 Å². The molecule has 2 aromatic rings. The minimum absolute atomic E-state index is 0.241. The third kappa shape index (κ3) is 7.70. The van der Waals surface area contributed by atoms with Crippen LogP contribution in [-0.2, 0) is 36.9 Å². The van der Waals surface area contributed by atoms with E-state index >= 15 is 0 Å². The second-order valence-corrected chi connectivity index (χ2v) is 8.27. The number of rotatable bonds is 15. The Bertz CT molecular complexity index is 887. The van der Waals surface area contributed by atoms with Crippen LogP contribution in [0.1, 0.15) is 11.1 Å². The maximum absolute atomic E-state index is 11.4. The number of hydrogen-bond donors (Lipinski definition) is 1. The topological polar surface area (TPSA) is 66.4 Å². The third-order valence-corrected chi connectivity index (χ3v) is 5.76. The van der Waals surface area contributed by atoms with Gasteiger partial charge >= 0.3 is 0 Å². The summed E-state index contributed by atoms with van der Waals surface area (Å²) in [5, 5.41) is 11.4. The summed E-state index contributed by atoms with van der Waals surface area (Å²) in [4.78, 5) is 0. The molecule has 0 radical (unpaired) electrons. The van der Waals surface area contributed by atoms with Crippen LogP contribution >= 0.6 is 0 Å². The second-order valence-electron chi connectivity index (χ2n) is 8.27. The van der Waals surface area contributed by atoms with E-state index in [2.05, 4.69) is 19.7 Å². The van der Waals surface area contributed by atoms with Crippen molar-refractivity contribution in [2.75, 3.05) is 19.8 Å². The number of ether oxygens (including phenoxy) is 5. The molecule has 0 aromatic heterocycles. The normalized spacial score (nSPS) is 26.2. The van der Waals surface area contributed by atoms with E-state index in [0.29, 0.717) is 13.2 Å². The smallest absolute Gasteiger partial charge is 0.116 e. The molecule has 1 aliphatic rings. The first kappa shape index (κ1) is 27.0. The molecule has 1 aliphatic carbocycles. The molecule has 0 heterocycles. The number of benzene rings is 2. The van der Waals surface area contributed by atoms with Gasteiger partial charge in [0.05, 0.1) is 33.0 Å². The van der Waals surface area contributed by atoms with E-state index in [1.54, 1.807) is 18.2 Å². The van der Waals surface area contributed by atoms with Crippen molar-refractivity contribution in [3.8, 4) is 0 Å². The van der Waals surface area contributed by atoms with Crippen LogP contribution in [0.2, 0.25) is 0 Å². The fraction of sp³-hybridized carbons (Fsp3) is 0.379. The summed E-state index contributed by atoms with van der Waals surface area (Å²) in [5.74, 6) is 0. The molecule has 1 fully saturated rings. The first-order chi connectivity index (χ1) is 17.2. The predicted octanol–water partition coefficient (Wildman–Crippen LogP) is 4.25. The SMILES string of the molecule is C=CCO[C@H]1[C@@H](OCc2ccccc2)[C@@H](OCc2ccccc2)[C@H](OCC=C)[C@H](O)[C@@H]1OCC=C. The summed E-state index contributed by atoms with van der Waals surface area (Å²) in [6.45, 7) is 12.7. The Morgan fingerprint density at radius 1 is 0.543 bits per heavy atom.